The maximum absolute atomic E-state index is 12.3. The Morgan fingerprint density at radius 1 is 1.40 bits per heavy atom. The van der Waals surface area contributed by atoms with Gasteiger partial charge in [0.05, 0.1) is 0 Å². The van der Waals surface area contributed by atoms with Crippen molar-refractivity contribution in [2.75, 3.05) is 0 Å². The summed E-state index contributed by atoms with van der Waals surface area (Å²) >= 11 is 0. The Kier molecular flexibility index (Phi) is 4.77. The minimum atomic E-state index is -0.322. The van der Waals surface area contributed by atoms with Gasteiger partial charge in [-0.15, -0.1) is 0 Å². The second kappa shape index (κ2) is 6.55. The van der Waals surface area contributed by atoms with Gasteiger partial charge in [0.1, 0.15) is 6.04 Å². The van der Waals surface area contributed by atoms with Crippen molar-refractivity contribution in [1.29, 1.82) is 0 Å². The van der Waals surface area contributed by atoms with E-state index in [9.17, 15) is 9.59 Å². The molecule has 108 valence electrons. The maximum atomic E-state index is 12.3. The molecule has 20 heavy (non-hydrogen) atoms. The van der Waals surface area contributed by atoms with Crippen LogP contribution in [0.25, 0.3) is 0 Å². The van der Waals surface area contributed by atoms with Gasteiger partial charge in [0.2, 0.25) is 11.8 Å². The van der Waals surface area contributed by atoms with E-state index in [-0.39, 0.29) is 23.9 Å². The van der Waals surface area contributed by atoms with E-state index >= 15 is 0 Å². The second-order valence-electron chi connectivity index (χ2n) is 5.38. The predicted octanol–water partition coefficient (Wildman–Crippen LogP) is 2.09. The minimum absolute atomic E-state index is 0.0267. The van der Waals surface area contributed by atoms with E-state index in [0.717, 1.165) is 12.0 Å². The molecule has 2 atom stereocenters. The lowest BCUT2D eigenvalue weighted by Gasteiger charge is -2.25. The van der Waals surface area contributed by atoms with Crippen LogP contribution >= 0.6 is 0 Å². The fraction of sp³-hybridized carbons (Fsp3) is 0.500. The van der Waals surface area contributed by atoms with Crippen LogP contribution in [0.3, 0.4) is 0 Å². The topological polar surface area (TPSA) is 49.4 Å². The Labute approximate surface area is 120 Å². The van der Waals surface area contributed by atoms with E-state index < -0.39 is 0 Å². The third-order valence-corrected chi connectivity index (χ3v) is 3.83. The molecule has 2 unspecified atom stereocenters. The van der Waals surface area contributed by atoms with Crippen molar-refractivity contribution in [3.05, 3.63) is 35.9 Å². The van der Waals surface area contributed by atoms with Gasteiger partial charge in [0.25, 0.3) is 0 Å². The summed E-state index contributed by atoms with van der Waals surface area (Å²) in [5.74, 6) is 0.0410. The number of amides is 2. The second-order valence-corrected chi connectivity index (χ2v) is 5.38. The molecule has 1 N–H and O–H groups in total. The van der Waals surface area contributed by atoms with Crippen LogP contribution < -0.4 is 5.32 Å². The normalized spacial score (nSPS) is 20.0. The van der Waals surface area contributed by atoms with E-state index in [1.165, 1.54) is 0 Å². The van der Waals surface area contributed by atoms with Gasteiger partial charge in [-0.3, -0.25) is 9.59 Å². The fourth-order valence-electron chi connectivity index (χ4n) is 2.43. The summed E-state index contributed by atoms with van der Waals surface area (Å²) in [4.78, 5) is 26.0. The Morgan fingerprint density at radius 3 is 2.75 bits per heavy atom. The molecule has 4 heteroatoms. The summed E-state index contributed by atoms with van der Waals surface area (Å²) in [5.41, 5.74) is 1.06. The summed E-state index contributed by atoms with van der Waals surface area (Å²) in [7, 11) is 0. The number of carbonyl (C=O) groups excluding carboxylic acids is 2. The number of likely N-dealkylation sites (tertiary alicyclic amines) is 1. The highest BCUT2D eigenvalue weighted by Crippen LogP contribution is 2.21. The highest BCUT2D eigenvalue weighted by atomic mass is 16.2. The number of nitrogens with one attached hydrogen (secondary N) is 1. The third kappa shape index (κ3) is 3.38. The van der Waals surface area contributed by atoms with Gasteiger partial charge in [0.15, 0.2) is 0 Å². The summed E-state index contributed by atoms with van der Waals surface area (Å²) in [6, 6.07) is 9.63. The van der Waals surface area contributed by atoms with Crippen LogP contribution in [0.5, 0.6) is 0 Å². The molecule has 2 rings (SSSR count). The summed E-state index contributed by atoms with van der Waals surface area (Å²) in [6.07, 6.45) is 1.98. The van der Waals surface area contributed by atoms with Gasteiger partial charge in [-0.05, 0) is 25.3 Å². The number of nitrogens with zero attached hydrogens (tertiary/aromatic N) is 1. The zero-order chi connectivity index (χ0) is 14.5. The quantitative estimate of drug-likeness (QED) is 0.894. The SMILES string of the molecule is CCC(C)NC(=O)C1CCC(=O)N1Cc1ccccc1. The molecule has 1 aliphatic rings. The number of hydrogen-bond donors (Lipinski definition) is 1. The fourth-order valence-corrected chi connectivity index (χ4v) is 2.43. The van der Waals surface area contributed by atoms with E-state index in [0.29, 0.717) is 19.4 Å². The van der Waals surface area contributed by atoms with Crippen molar-refractivity contribution < 1.29 is 9.59 Å². The first-order valence-corrected chi connectivity index (χ1v) is 7.25. The smallest absolute Gasteiger partial charge is 0.243 e. The predicted molar refractivity (Wildman–Crippen MR) is 77.9 cm³/mol. The van der Waals surface area contributed by atoms with Gasteiger partial charge in [0, 0.05) is 19.0 Å². The molecule has 1 aliphatic heterocycles. The Hall–Kier alpha value is -1.84. The van der Waals surface area contributed by atoms with Gasteiger partial charge >= 0.3 is 0 Å². The monoisotopic (exact) mass is 274 g/mol. The van der Waals surface area contributed by atoms with Crippen molar-refractivity contribution in [1.82, 2.24) is 10.2 Å². The maximum Gasteiger partial charge on any atom is 0.243 e. The highest BCUT2D eigenvalue weighted by Gasteiger charge is 2.36. The largest absolute Gasteiger partial charge is 0.352 e. The van der Waals surface area contributed by atoms with Crippen molar-refractivity contribution in [3.8, 4) is 0 Å². The molecular formula is C16H22N2O2. The average Bonchev–Trinajstić information content (AvgIpc) is 2.81. The molecule has 0 radical (unpaired) electrons. The zero-order valence-corrected chi connectivity index (χ0v) is 12.1. The molecule has 0 saturated carbocycles. The standard InChI is InChI=1S/C16H22N2O2/c1-3-12(2)17-16(20)14-9-10-15(19)18(14)11-13-7-5-4-6-8-13/h4-8,12,14H,3,9-11H2,1-2H3,(H,17,20). The molecule has 1 aromatic rings. The first-order valence-electron chi connectivity index (χ1n) is 7.25. The van der Waals surface area contributed by atoms with Crippen molar-refractivity contribution in [3.63, 3.8) is 0 Å². The molecule has 1 aromatic carbocycles. The molecule has 0 aromatic heterocycles. The zero-order valence-electron chi connectivity index (χ0n) is 12.1. The van der Waals surface area contributed by atoms with Gasteiger partial charge in [-0.2, -0.15) is 0 Å². The van der Waals surface area contributed by atoms with Gasteiger partial charge < -0.3 is 10.2 Å². The summed E-state index contributed by atoms with van der Waals surface area (Å²) in [6.45, 7) is 4.53. The number of benzene rings is 1. The number of hydrogen-bond acceptors (Lipinski definition) is 2. The van der Waals surface area contributed by atoms with Crippen LogP contribution in [0.1, 0.15) is 38.7 Å². The van der Waals surface area contributed by atoms with Crippen LogP contribution in [-0.4, -0.2) is 28.8 Å². The molecule has 0 aliphatic carbocycles. The minimum Gasteiger partial charge on any atom is -0.352 e. The lowest BCUT2D eigenvalue weighted by molar-refractivity contribution is -0.136. The molecule has 1 saturated heterocycles. The van der Waals surface area contributed by atoms with Gasteiger partial charge in [-0.25, -0.2) is 0 Å². The van der Waals surface area contributed by atoms with E-state index in [4.69, 9.17) is 0 Å². The first-order chi connectivity index (χ1) is 9.61. The molecule has 1 fully saturated rings. The van der Waals surface area contributed by atoms with Crippen LogP contribution in [0, 0.1) is 0 Å². The lowest BCUT2D eigenvalue weighted by atomic mass is 10.1. The Morgan fingerprint density at radius 2 is 2.10 bits per heavy atom. The van der Waals surface area contributed by atoms with E-state index in [1.54, 1.807) is 4.90 Å². The van der Waals surface area contributed by atoms with Crippen molar-refractivity contribution >= 4 is 11.8 Å². The molecule has 4 nitrogen and oxygen atoms in total. The first kappa shape index (κ1) is 14.6. The van der Waals surface area contributed by atoms with Gasteiger partial charge in [-0.1, -0.05) is 37.3 Å². The average molecular weight is 274 g/mol. The van der Waals surface area contributed by atoms with Crippen molar-refractivity contribution in [2.24, 2.45) is 0 Å². The van der Waals surface area contributed by atoms with E-state index in [1.807, 2.05) is 44.2 Å². The molecule has 1 heterocycles. The summed E-state index contributed by atoms with van der Waals surface area (Å²) < 4.78 is 0. The van der Waals surface area contributed by atoms with Crippen LogP contribution in [-0.2, 0) is 16.1 Å². The molecule has 0 spiro atoms. The third-order valence-electron chi connectivity index (χ3n) is 3.83. The molecule has 2 amide bonds. The Bertz CT molecular complexity index is 473. The molecular weight excluding hydrogens is 252 g/mol. The van der Waals surface area contributed by atoms with Crippen molar-refractivity contribution in [2.45, 2.75) is 51.7 Å². The number of carbonyl (C=O) groups is 2. The molecule has 0 bridgehead atoms. The Balaban J connectivity index is 2.05. The highest BCUT2D eigenvalue weighted by molar-refractivity contribution is 5.91. The van der Waals surface area contributed by atoms with Crippen LogP contribution in [0.2, 0.25) is 0 Å². The van der Waals surface area contributed by atoms with Crippen LogP contribution in [0.4, 0.5) is 0 Å². The van der Waals surface area contributed by atoms with E-state index in [2.05, 4.69) is 5.32 Å². The van der Waals surface area contributed by atoms with Crippen LogP contribution in [0.15, 0.2) is 30.3 Å². The summed E-state index contributed by atoms with van der Waals surface area (Å²) in [5, 5.41) is 2.97. The number of rotatable bonds is 5. The lowest BCUT2D eigenvalue weighted by Crippen LogP contribution is -2.46.